The van der Waals surface area contributed by atoms with Gasteiger partial charge < -0.3 is 5.11 Å². The molecule has 0 aromatic rings. The van der Waals surface area contributed by atoms with Crippen molar-refractivity contribution in [1.82, 2.24) is 0 Å². The minimum Gasteiger partial charge on any atom is -0.389 e. The van der Waals surface area contributed by atoms with Gasteiger partial charge in [0.15, 0.2) is 0 Å². The van der Waals surface area contributed by atoms with Gasteiger partial charge in [-0.15, -0.1) is 0 Å². The van der Waals surface area contributed by atoms with Gasteiger partial charge >= 0.3 is 0 Å². The molecule has 2 aliphatic carbocycles. The molecule has 56 valence electrons. The van der Waals surface area contributed by atoms with Crippen molar-refractivity contribution in [3.8, 4) is 0 Å². The lowest BCUT2D eigenvalue weighted by Gasteiger charge is -2.20. The van der Waals surface area contributed by atoms with E-state index in [0.29, 0.717) is 5.92 Å². The summed E-state index contributed by atoms with van der Waals surface area (Å²) in [6.45, 7) is 3.88. The molecule has 2 fully saturated rings. The highest BCUT2D eigenvalue weighted by Gasteiger charge is 2.47. The minimum atomic E-state index is -0.322. The van der Waals surface area contributed by atoms with Crippen molar-refractivity contribution in [2.45, 2.75) is 37.7 Å². The summed E-state index contributed by atoms with van der Waals surface area (Å²) in [4.78, 5) is 0. The lowest BCUT2D eigenvalue weighted by atomic mass is 9.96. The summed E-state index contributed by atoms with van der Waals surface area (Å²) in [6, 6.07) is 0. The van der Waals surface area contributed by atoms with E-state index in [1.807, 2.05) is 0 Å². The van der Waals surface area contributed by atoms with Crippen LogP contribution in [0.2, 0.25) is 0 Å². The van der Waals surface area contributed by atoms with E-state index in [1.165, 1.54) is 18.4 Å². The molecule has 1 nitrogen and oxygen atoms in total. The van der Waals surface area contributed by atoms with E-state index in [9.17, 15) is 5.11 Å². The van der Waals surface area contributed by atoms with Crippen molar-refractivity contribution >= 4 is 0 Å². The Labute approximate surface area is 61.8 Å². The second-order valence-electron chi connectivity index (χ2n) is 3.73. The summed E-state index contributed by atoms with van der Waals surface area (Å²) in [6.07, 6.45) is 5.52. The van der Waals surface area contributed by atoms with Gasteiger partial charge in [-0.1, -0.05) is 25.0 Å². The Morgan fingerprint density at radius 2 is 1.90 bits per heavy atom. The van der Waals surface area contributed by atoms with Gasteiger partial charge in [0.2, 0.25) is 0 Å². The van der Waals surface area contributed by atoms with E-state index in [-0.39, 0.29) is 5.60 Å². The molecule has 2 aliphatic rings. The topological polar surface area (TPSA) is 20.2 Å². The van der Waals surface area contributed by atoms with Gasteiger partial charge in [-0.25, -0.2) is 0 Å². The van der Waals surface area contributed by atoms with Crippen molar-refractivity contribution < 1.29 is 5.11 Å². The first-order valence-electron chi connectivity index (χ1n) is 4.12. The maximum absolute atomic E-state index is 9.94. The van der Waals surface area contributed by atoms with Gasteiger partial charge in [-0.3, -0.25) is 0 Å². The molecule has 2 saturated carbocycles. The van der Waals surface area contributed by atoms with Gasteiger partial charge in [0.1, 0.15) is 0 Å². The normalized spacial score (nSPS) is 36.5. The molecule has 0 bridgehead atoms. The Morgan fingerprint density at radius 1 is 1.40 bits per heavy atom. The quantitative estimate of drug-likeness (QED) is 0.548. The van der Waals surface area contributed by atoms with Gasteiger partial charge in [0.25, 0.3) is 0 Å². The smallest absolute Gasteiger partial charge is 0.0715 e. The monoisotopic (exact) mass is 138 g/mol. The van der Waals surface area contributed by atoms with E-state index in [2.05, 4.69) is 6.58 Å². The average Bonchev–Trinajstić information content (AvgIpc) is 2.44. The Bertz CT molecular complexity index is 166. The second-order valence-corrected chi connectivity index (χ2v) is 3.73. The minimum absolute atomic E-state index is 0.322. The summed E-state index contributed by atoms with van der Waals surface area (Å²) in [5.74, 6) is 0.468. The van der Waals surface area contributed by atoms with Gasteiger partial charge in [-0.05, 0) is 19.3 Å². The molecule has 2 rings (SSSR count). The molecule has 0 saturated heterocycles. The van der Waals surface area contributed by atoms with Crippen molar-refractivity contribution in [2.75, 3.05) is 0 Å². The first-order chi connectivity index (χ1) is 4.72. The van der Waals surface area contributed by atoms with E-state index >= 15 is 0 Å². The molecule has 0 amide bonds. The molecule has 0 radical (unpaired) electrons. The maximum Gasteiger partial charge on any atom is 0.0715 e. The van der Waals surface area contributed by atoms with Crippen LogP contribution in [0.25, 0.3) is 0 Å². The van der Waals surface area contributed by atoms with E-state index in [1.54, 1.807) is 0 Å². The zero-order valence-electron chi connectivity index (χ0n) is 6.27. The van der Waals surface area contributed by atoms with Crippen LogP contribution < -0.4 is 0 Å². The fourth-order valence-corrected chi connectivity index (χ4v) is 2.11. The third-order valence-electron chi connectivity index (χ3n) is 2.92. The molecule has 0 heterocycles. The predicted octanol–water partition coefficient (Wildman–Crippen LogP) is 1.87. The van der Waals surface area contributed by atoms with Crippen LogP contribution in [-0.4, -0.2) is 10.7 Å². The Kier molecular flexibility index (Phi) is 1.19. The van der Waals surface area contributed by atoms with Crippen molar-refractivity contribution in [3.63, 3.8) is 0 Å². The van der Waals surface area contributed by atoms with Gasteiger partial charge in [0.05, 0.1) is 5.60 Å². The molecule has 0 spiro atoms. The van der Waals surface area contributed by atoms with E-state index < -0.39 is 0 Å². The van der Waals surface area contributed by atoms with Crippen LogP contribution in [0.1, 0.15) is 32.1 Å². The summed E-state index contributed by atoms with van der Waals surface area (Å²) < 4.78 is 0. The number of hydrogen-bond acceptors (Lipinski definition) is 1. The summed E-state index contributed by atoms with van der Waals surface area (Å²) >= 11 is 0. The van der Waals surface area contributed by atoms with Crippen molar-refractivity contribution in [2.24, 2.45) is 5.92 Å². The molecule has 1 heteroatoms. The Morgan fingerprint density at radius 3 is 2.30 bits per heavy atom. The Balaban J connectivity index is 2.07. The molecule has 0 unspecified atom stereocenters. The number of hydrogen-bond donors (Lipinski definition) is 1. The zero-order valence-corrected chi connectivity index (χ0v) is 6.27. The van der Waals surface area contributed by atoms with Crippen LogP contribution in [0, 0.1) is 5.92 Å². The molecule has 0 aliphatic heterocycles. The lowest BCUT2D eigenvalue weighted by Crippen LogP contribution is -2.26. The van der Waals surface area contributed by atoms with Crippen LogP contribution >= 0.6 is 0 Å². The maximum atomic E-state index is 9.94. The SMILES string of the molecule is C=C1C[C@H]1C1(O)CCCC1. The molecular formula is C9H14O. The van der Waals surface area contributed by atoms with Crippen LogP contribution in [0.5, 0.6) is 0 Å². The van der Waals surface area contributed by atoms with Crippen LogP contribution in [0.4, 0.5) is 0 Å². The number of aliphatic hydroxyl groups is 1. The van der Waals surface area contributed by atoms with Crippen molar-refractivity contribution in [3.05, 3.63) is 12.2 Å². The van der Waals surface area contributed by atoms with Gasteiger partial charge in [0, 0.05) is 5.92 Å². The largest absolute Gasteiger partial charge is 0.389 e. The van der Waals surface area contributed by atoms with E-state index in [4.69, 9.17) is 0 Å². The predicted molar refractivity (Wildman–Crippen MR) is 40.7 cm³/mol. The molecule has 1 atom stereocenters. The van der Waals surface area contributed by atoms with Crippen LogP contribution in [0.15, 0.2) is 12.2 Å². The van der Waals surface area contributed by atoms with Crippen molar-refractivity contribution in [1.29, 1.82) is 0 Å². The zero-order chi connectivity index (χ0) is 7.19. The summed E-state index contributed by atoms with van der Waals surface area (Å²) in [5, 5.41) is 9.94. The first kappa shape index (κ1) is 6.41. The fourth-order valence-electron chi connectivity index (χ4n) is 2.11. The fraction of sp³-hybridized carbons (Fsp3) is 0.778. The molecule has 0 aromatic heterocycles. The molecule has 0 aromatic carbocycles. The standard InChI is InChI=1S/C9H14O/c1-7-6-8(7)9(10)4-2-3-5-9/h8,10H,1-6H2/t8-/m1/s1. The lowest BCUT2D eigenvalue weighted by molar-refractivity contribution is 0.0292. The van der Waals surface area contributed by atoms with Crippen LogP contribution in [0.3, 0.4) is 0 Å². The highest BCUT2D eigenvalue weighted by Crippen LogP contribution is 2.51. The highest BCUT2D eigenvalue weighted by atomic mass is 16.3. The number of rotatable bonds is 1. The first-order valence-corrected chi connectivity index (χ1v) is 4.12. The molecule has 1 N–H and O–H groups in total. The molecule has 10 heavy (non-hydrogen) atoms. The van der Waals surface area contributed by atoms with Crippen LogP contribution in [-0.2, 0) is 0 Å². The average molecular weight is 138 g/mol. The third-order valence-corrected chi connectivity index (χ3v) is 2.92. The second kappa shape index (κ2) is 1.85. The Hall–Kier alpha value is -0.300. The molecular weight excluding hydrogens is 124 g/mol. The summed E-state index contributed by atoms with van der Waals surface area (Å²) in [7, 11) is 0. The van der Waals surface area contributed by atoms with E-state index in [0.717, 1.165) is 19.3 Å². The summed E-state index contributed by atoms with van der Waals surface area (Å²) in [5.41, 5.74) is 0.946. The third kappa shape index (κ3) is 0.807. The van der Waals surface area contributed by atoms with Gasteiger partial charge in [-0.2, -0.15) is 0 Å². The highest BCUT2D eigenvalue weighted by molar-refractivity contribution is 5.25.